The molecule has 0 spiro atoms. The Kier molecular flexibility index (Phi) is 5.35. The Morgan fingerprint density at radius 1 is 1.35 bits per heavy atom. The van der Waals surface area contributed by atoms with E-state index in [0.717, 1.165) is 0 Å². The highest BCUT2D eigenvalue weighted by Crippen LogP contribution is 2.16. The highest BCUT2D eigenvalue weighted by Gasteiger charge is 2.21. The van der Waals surface area contributed by atoms with Crippen molar-refractivity contribution in [3.8, 4) is 5.75 Å². The Morgan fingerprint density at radius 3 is 2.74 bits per heavy atom. The van der Waals surface area contributed by atoms with Gasteiger partial charge in [0, 0.05) is 24.4 Å². The first-order chi connectivity index (χ1) is 11.0. The van der Waals surface area contributed by atoms with Crippen molar-refractivity contribution in [1.29, 1.82) is 0 Å². The lowest BCUT2D eigenvalue weighted by atomic mass is 10.3. The quantitative estimate of drug-likeness (QED) is 0.882. The summed E-state index contributed by atoms with van der Waals surface area (Å²) in [5.41, 5.74) is 1.22. The molecule has 1 heterocycles. The predicted octanol–water partition coefficient (Wildman–Crippen LogP) is 2.09. The lowest BCUT2D eigenvalue weighted by Gasteiger charge is -2.18. The summed E-state index contributed by atoms with van der Waals surface area (Å²) in [6.07, 6.45) is 0. The van der Waals surface area contributed by atoms with E-state index in [1.807, 2.05) is 0 Å². The summed E-state index contributed by atoms with van der Waals surface area (Å²) < 4.78 is 10.1. The Bertz CT molecular complexity index is 696. The fourth-order valence-electron chi connectivity index (χ4n) is 2.02. The second-order valence-electron chi connectivity index (χ2n) is 4.93. The van der Waals surface area contributed by atoms with Crippen molar-refractivity contribution in [2.45, 2.75) is 13.8 Å². The Balaban J connectivity index is 2.00. The molecule has 0 aliphatic heterocycles. The van der Waals surface area contributed by atoms with Crippen LogP contribution in [0.4, 0.5) is 5.69 Å². The first-order valence-electron chi connectivity index (χ1n) is 7.20. The highest BCUT2D eigenvalue weighted by atomic mass is 16.5. The van der Waals surface area contributed by atoms with E-state index in [4.69, 9.17) is 9.26 Å². The first kappa shape index (κ1) is 16.5. The van der Waals surface area contributed by atoms with Crippen molar-refractivity contribution >= 4 is 17.5 Å². The van der Waals surface area contributed by atoms with Crippen LogP contribution in [0.3, 0.4) is 0 Å². The molecule has 7 heteroatoms. The van der Waals surface area contributed by atoms with E-state index in [-0.39, 0.29) is 24.1 Å². The van der Waals surface area contributed by atoms with Gasteiger partial charge in [0.1, 0.15) is 12.3 Å². The van der Waals surface area contributed by atoms with Crippen LogP contribution in [0.25, 0.3) is 0 Å². The monoisotopic (exact) mass is 317 g/mol. The van der Waals surface area contributed by atoms with Crippen LogP contribution >= 0.6 is 0 Å². The molecule has 7 nitrogen and oxygen atoms in total. The van der Waals surface area contributed by atoms with Gasteiger partial charge in [0.25, 0.3) is 5.91 Å². The molecule has 1 aromatic carbocycles. The van der Waals surface area contributed by atoms with E-state index in [0.29, 0.717) is 23.7 Å². The third kappa shape index (κ3) is 4.32. The lowest BCUT2D eigenvalue weighted by molar-refractivity contribution is -0.116. The smallest absolute Gasteiger partial charge is 0.292 e. The van der Waals surface area contributed by atoms with Crippen LogP contribution in [0, 0.1) is 6.92 Å². The number of aromatic nitrogens is 1. The molecule has 2 aromatic rings. The molecule has 0 saturated carbocycles. The Labute approximate surface area is 134 Å². The van der Waals surface area contributed by atoms with Gasteiger partial charge in [-0.3, -0.25) is 9.59 Å². The zero-order valence-corrected chi connectivity index (χ0v) is 13.3. The number of aryl methyl sites for hydroxylation is 1. The second kappa shape index (κ2) is 7.44. The minimum absolute atomic E-state index is 0.0771. The molecule has 23 heavy (non-hydrogen) atoms. The van der Waals surface area contributed by atoms with Crippen molar-refractivity contribution in [2.75, 3.05) is 25.5 Å². The van der Waals surface area contributed by atoms with Gasteiger partial charge >= 0.3 is 0 Å². The number of rotatable bonds is 6. The van der Waals surface area contributed by atoms with Crippen molar-refractivity contribution < 1.29 is 18.8 Å². The van der Waals surface area contributed by atoms with Gasteiger partial charge in [-0.1, -0.05) is 11.2 Å². The second-order valence-corrected chi connectivity index (χ2v) is 4.93. The van der Waals surface area contributed by atoms with E-state index >= 15 is 0 Å². The predicted molar refractivity (Wildman–Crippen MR) is 84.4 cm³/mol. The molecule has 0 radical (unpaired) electrons. The number of likely N-dealkylation sites (N-methyl/N-ethyl adjacent to an activating group) is 1. The lowest BCUT2D eigenvalue weighted by Crippen LogP contribution is -2.37. The third-order valence-corrected chi connectivity index (χ3v) is 3.20. The van der Waals surface area contributed by atoms with E-state index in [1.54, 1.807) is 51.3 Å². The van der Waals surface area contributed by atoms with Crippen molar-refractivity contribution in [2.24, 2.45) is 0 Å². The molecule has 0 aliphatic rings. The normalized spacial score (nSPS) is 10.2. The van der Waals surface area contributed by atoms with Crippen molar-refractivity contribution in [3.05, 3.63) is 41.8 Å². The van der Waals surface area contributed by atoms with E-state index in [2.05, 4.69) is 10.5 Å². The molecule has 0 bridgehead atoms. The van der Waals surface area contributed by atoms with E-state index < -0.39 is 0 Å². The summed E-state index contributed by atoms with van der Waals surface area (Å²) in [6.45, 7) is 3.82. The SMILES string of the molecule is CCN(CC(=O)Nc1cccc(OC)c1)C(=O)c1cc(C)no1. The average molecular weight is 317 g/mol. The van der Waals surface area contributed by atoms with Gasteiger partial charge in [0.15, 0.2) is 0 Å². The standard InChI is InChI=1S/C16H19N3O4/c1-4-19(16(21)14-8-11(2)18-23-14)10-15(20)17-12-6-5-7-13(9-12)22-3/h5-9H,4,10H2,1-3H3,(H,17,20). The van der Waals surface area contributed by atoms with Gasteiger partial charge in [-0.25, -0.2) is 0 Å². The molecule has 0 atom stereocenters. The minimum atomic E-state index is -0.367. The maximum atomic E-state index is 12.3. The fourth-order valence-corrected chi connectivity index (χ4v) is 2.02. The molecule has 1 N–H and O–H groups in total. The summed E-state index contributed by atoms with van der Waals surface area (Å²) in [6, 6.07) is 8.55. The largest absolute Gasteiger partial charge is 0.497 e. The van der Waals surface area contributed by atoms with Crippen LogP contribution in [0.15, 0.2) is 34.9 Å². The van der Waals surface area contributed by atoms with Crippen molar-refractivity contribution in [3.63, 3.8) is 0 Å². The summed E-state index contributed by atoms with van der Waals surface area (Å²) >= 11 is 0. The maximum Gasteiger partial charge on any atom is 0.292 e. The number of carbonyl (C=O) groups is 2. The van der Waals surface area contributed by atoms with Gasteiger partial charge in [-0.05, 0) is 26.0 Å². The van der Waals surface area contributed by atoms with Gasteiger partial charge in [-0.2, -0.15) is 0 Å². The number of anilines is 1. The Hall–Kier alpha value is -2.83. The number of benzene rings is 1. The van der Waals surface area contributed by atoms with Crippen LogP contribution < -0.4 is 10.1 Å². The molecular formula is C16H19N3O4. The zero-order valence-electron chi connectivity index (χ0n) is 13.3. The molecule has 2 amide bonds. The number of hydrogen-bond donors (Lipinski definition) is 1. The van der Waals surface area contributed by atoms with Crippen LogP contribution in [0.1, 0.15) is 23.2 Å². The van der Waals surface area contributed by atoms with Gasteiger partial charge in [0.05, 0.1) is 12.8 Å². The topological polar surface area (TPSA) is 84.7 Å². The van der Waals surface area contributed by atoms with Crippen LogP contribution in [-0.4, -0.2) is 42.1 Å². The summed E-state index contributed by atoms with van der Waals surface area (Å²) in [5.74, 6) is 0.0977. The molecule has 0 fully saturated rings. The number of hydrogen-bond acceptors (Lipinski definition) is 5. The number of methoxy groups -OCH3 is 1. The van der Waals surface area contributed by atoms with Crippen molar-refractivity contribution in [1.82, 2.24) is 10.1 Å². The average Bonchev–Trinajstić information content (AvgIpc) is 2.98. The van der Waals surface area contributed by atoms with Crippen LogP contribution in [-0.2, 0) is 4.79 Å². The summed E-state index contributed by atoms with van der Waals surface area (Å²) in [5, 5.41) is 6.42. The molecule has 122 valence electrons. The van der Waals surface area contributed by atoms with E-state index in [1.165, 1.54) is 4.90 Å². The van der Waals surface area contributed by atoms with Crippen LogP contribution in [0.5, 0.6) is 5.75 Å². The summed E-state index contributed by atoms with van der Waals surface area (Å²) in [7, 11) is 1.55. The fraction of sp³-hybridized carbons (Fsp3) is 0.312. The highest BCUT2D eigenvalue weighted by molar-refractivity contribution is 5.98. The van der Waals surface area contributed by atoms with Gasteiger partial charge in [0.2, 0.25) is 11.7 Å². The molecular weight excluding hydrogens is 298 g/mol. The Morgan fingerprint density at radius 2 is 2.13 bits per heavy atom. The molecule has 0 aliphatic carbocycles. The maximum absolute atomic E-state index is 12.3. The van der Waals surface area contributed by atoms with Gasteiger partial charge in [-0.15, -0.1) is 0 Å². The summed E-state index contributed by atoms with van der Waals surface area (Å²) in [4.78, 5) is 25.8. The van der Waals surface area contributed by atoms with Crippen LogP contribution in [0.2, 0.25) is 0 Å². The number of amides is 2. The number of nitrogens with one attached hydrogen (secondary N) is 1. The number of ether oxygens (including phenoxy) is 1. The first-order valence-corrected chi connectivity index (χ1v) is 7.20. The molecule has 1 aromatic heterocycles. The molecule has 0 saturated heterocycles. The molecule has 0 unspecified atom stereocenters. The number of carbonyl (C=O) groups excluding carboxylic acids is 2. The zero-order chi connectivity index (χ0) is 16.8. The minimum Gasteiger partial charge on any atom is -0.497 e. The third-order valence-electron chi connectivity index (χ3n) is 3.20. The van der Waals surface area contributed by atoms with Gasteiger partial charge < -0.3 is 19.5 Å². The van der Waals surface area contributed by atoms with E-state index in [9.17, 15) is 9.59 Å². The number of nitrogens with zero attached hydrogens (tertiary/aromatic N) is 2. The molecule has 2 rings (SSSR count).